The number of aromatic nitrogens is 1. The maximum absolute atomic E-state index is 12.1. The van der Waals surface area contributed by atoms with Crippen molar-refractivity contribution in [2.45, 2.75) is 17.7 Å². The van der Waals surface area contributed by atoms with Crippen molar-refractivity contribution in [1.29, 1.82) is 10.5 Å². The number of thiophene rings is 1. The van der Waals surface area contributed by atoms with E-state index in [1.165, 1.54) is 11.3 Å². The van der Waals surface area contributed by atoms with Gasteiger partial charge in [0.05, 0.1) is 28.8 Å². The molecule has 3 aromatic rings. The van der Waals surface area contributed by atoms with E-state index in [9.17, 15) is 21.0 Å². The molecule has 1 aliphatic rings. The van der Waals surface area contributed by atoms with Gasteiger partial charge >= 0.3 is 0 Å². The summed E-state index contributed by atoms with van der Waals surface area (Å²) in [5.74, 6) is 1.28. The van der Waals surface area contributed by atoms with E-state index in [2.05, 4.69) is 11.4 Å². The first-order valence-corrected chi connectivity index (χ1v) is 10.4. The fourth-order valence-corrected chi connectivity index (χ4v) is 4.90. The summed E-state index contributed by atoms with van der Waals surface area (Å²) in [5.41, 5.74) is -1.09. The fraction of sp³-hybridized carbons (Fsp3) is 0.125. The maximum atomic E-state index is 12.1. The van der Waals surface area contributed by atoms with Crippen molar-refractivity contribution in [3.8, 4) is 12.1 Å². The molecule has 0 spiro atoms. The minimum Gasteiger partial charge on any atom is -0.762 e. The van der Waals surface area contributed by atoms with Gasteiger partial charge in [0.1, 0.15) is 6.07 Å². The highest BCUT2D eigenvalue weighted by molar-refractivity contribution is 7.10. The molecule has 150 valence electrons. The number of nitriles is 2. The molecule has 0 radical (unpaired) electrons. The minimum atomic E-state index is -1.70. The third-order valence-electron chi connectivity index (χ3n) is 5.36. The van der Waals surface area contributed by atoms with E-state index in [-0.39, 0.29) is 16.8 Å². The second kappa shape index (κ2) is 8.39. The molecule has 7 heteroatoms. The SMILES string of the molecule is N#CC(=C=[N-])C1=C(C#N)[C@H](c2cccs2)[C@@H]([n+]2ccccc2)[C@@](O)(c2ccccc2)N1. The zero-order valence-electron chi connectivity index (χ0n) is 16.3. The van der Waals surface area contributed by atoms with Gasteiger partial charge in [-0.1, -0.05) is 42.5 Å². The van der Waals surface area contributed by atoms with Gasteiger partial charge in [0.2, 0.25) is 11.8 Å². The third-order valence-corrected chi connectivity index (χ3v) is 6.31. The van der Waals surface area contributed by atoms with E-state index in [1.54, 1.807) is 12.1 Å². The van der Waals surface area contributed by atoms with Crippen LogP contribution in [0.25, 0.3) is 5.41 Å². The molecule has 3 atom stereocenters. The minimum absolute atomic E-state index is 0.0602. The lowest BCUT2D eigenvalue weighted by Gasteiger charge is -2.42. The van der Waals surface area contributed by atoms with Crippen molar-refractivity contribution in [2.75, 3.05) is 0 Å². The van der Waals surface area contributed by atoms with Crippen LogP contribution < -0.4 is 9.88 Å². The number of aliphatic hydroxyl groups is 1. The van der Waals surface area contributed by atoms with Gasteiger partial charge in [-0.05, 0) is 11.4 Å². The number of nitrogens with zero attached hydrogens (tertiary/aromatic N) is 4. The van der Waals surface area contributed by atoms with Crippen molar-refractivity contribution < 1.29 is 9.67 Å². The Labute approximate surface area is 183 Å². The van der Waals surface area contributed by atoms with E-state index >= 15 is 0 Å². The van der Waals surface area contributed by atoms with Gasteiger partial charge in [0.25, 0.3) is 0 Å². The summed E-state index contributed by atoms with van der Waals surface area (Å²) in [7, 11) is 0. The number of hydrogen-bond donors (Lipinski definition) is 2. The van der Waals surface area contributed by atoms with Crippen LogP contribution in [0.15, 0.2) is 95.3 Å². The Bertz CT molecular complexity index is 1250. The van der Waals surface area contributed by atoms with Gasteiger partial charge in [-0.25, -0.2) is 5.87 Å². The standard InChI is InChI=1S/C24H17N5OS/c25-14-17(15-26)22-19(16-27)21(20-10-7-13-31-20)23(29-11-5-2-6-12-29)24(30,28-22)18-8-3-1-4-9-18/h1-13,21,23,28,30H/t21-,23-,24+/m1/s1. The Hall–Kier alpha value is -4.00. The van der Waals surface area contributed by atoms with Crippen LogP contribution in [0.2, 0.25) is 0 Å². The van der Waals surface area contributed by atoms with Gasteiger partial charge < -0.3 is 15.8 Å². The van der Waals surface area contributed by atoms with E-state index in [4.69, 9.17) is 0 Å². The van der Waals surface area contributed by atoms with Crippen LogP contribution in [-0.4, -0.2) is 11.0 Å². The molecule has 0 bridgehead atoms. The van der Waals surface area contributed by atoms with E-state index in [1.807, 2.05) is 82.8 Å². The monoisotopic (exact) mass is 423 g/mol. The largest absolute Gasteiger partial charge is 0.762 e. The third kappa shape index (κ3) is 3.44. The highest BCUT2D eigenvalue weighted by atomic mass is 32.1. The molecule has 2 N–H and O–H groups in total. The van der Waals surface area contributed by atoms with E-state index in [0.717, 1.165) is 4.88 Å². The van der Waals surface area contributed by atoms with Crippen LogP contribution in [0.4, 0.5) is 0 Å². The summed E-state index contributed by atoms with van der Waals surface area (Å²) in [6.45, 7) is 0. The zero-order valence-corrected chi connectivity index (χ0v) is 17.1. The Kier molecular flexibility index (Phi) is 5.49. The second-order valence-electron chi connectivity index (χ2n) is 7.02. The molecule has 4 rings (SSSR count). The molecule has 31 heavy (non-hydrogen) atoms. The van der Waals surface area contributed by atoms with Crippen molar-refractivity contribution in [3.63, 3.8) is 0 Å². The molecular formula is C24H17N5OS. The van der Waals surface area contributed by atoms with Gasteiger partial charge in [-0.15, -0.1) is 11.3 Å². The molecule has 0 saturated carbocycles. The number of allylic oxidation sites excluding steroid dienone is 2. The molecule has 3 heterocycles. The van der Waals surface area contributed by atoms with Gasteiger partial charge in [-0.3, -0.25) is 0 Å². The summed E-state index contributed by atoms with van der Waals surface area (Å²) in [6, 6.07) is 21.8. The summed E-state index contributed by atoms with van der Waals surface area (Å²) in [6.07, 6.45) is 3.67. The summed E-state index contributed by atoms with van der Waals surface area (Å²) >= 11 is 1.46. The van der Waals surface area contributed by atoms with Crippen LogP contribution in [0.3, 0.4) is 0 Å². The van der Waals surface area contributed by atoms with Gasteiger partial charge in [0.15, 0.2) is 12.4 Å². The van der Waals surface area contributed by atoms with Crippen LogP contribution in [-0.2, 0) is 5.72 Å². The molecule has 1 aromatic carbocycles. The first-order valence-electron chi connectivity index (χ1n) is 9.51. The van der Waals surface area contributed by atoms with Crippen LogP contribution >= 0.6 is 11.3 Å². The molecule has 1 aliphatic heterocycles. The van der Waals surface area contributed by atoms with Crippen molar-refractivity contribution >= 4 is 17.2 Å². The van der Waals surface area contributed by atoms with Gasteiger partial charge in [-0.2, -0.15) is 15.1 Å². The predicted molar refractivity (Wildman–Crippen MR) is 116 cm³/mol. The summed E-state index contributed by atoms with van der Waals surface area (Å²) in [5, 5.41) is 46.3. The van der Waals surface area contributed by atoms with Crippen LogP contribution in [0.1, 0.15) is 22.4 Å². The highest BCUT2D eigenvalue weighted by Gasteiger charge is 2.56. The normalized spacial score (nSPS) is 22.5. The summed E-state index contributed by atoms with van der Waals surface area (Å²) in [4.78, 5) is 0.849. The summed E-state index contributed by atoms with van der Waals surface area (Å²) < 4.78 is 1.86. The maximum Gasteiger partial charge on any atom is 0.227 e. The quantitative estimate of drug-likeness (QED) is 0.382. The Morgan fingerprint density at radius 3 is 2.35 bits per heavy atom. The first kappa shape index (κ1) is 20.3. The second-order valence-corrected chi connectivity index (χ2v) is 8.00. The van der Waals surface area contributed by atoms with Crippen LogP contribution in [0, 0.1) is 22.7 Å². The van der Waals surface area contributed by atoms with E-state index < -0.39 is 17.7 Å². The molecule has 6 nitrogen and oxygen atoms in total. The van der Waals surface area contributed by atoms with Crippen LogP contribution in [0.5, 0.6) is 0 Å². The zero-order chi connectivity index (χ0) is 21.8. The molecule has 0 aliphatic carbocycles. The fourth-order valence-electron chi connectivity index (χ4n) is 4.03. The topological polar surface area (TPSA) is 106 Å². The van der Waals surface area contributed by atoms with Crippen molar-refractivity contribution in [3.05, 3.63) is 111 Å². The molecule has 2 aromatic heterocycles. The predicted octanol–water partition coefficient (Wildman–Crippen LogP) is 3.28. The molecular weight excluding hydrogens is 406 g/mol. The number of hydrogen-bond acceptors (Lipinski definition) is 5. The lowest BCUT2D eigenvalue weighted by Crippen LogP contribution is -2.62. The highest BCUT2D eigenvalue weighted by Crippen LogP contribution is 2.48. The van der Waals surface area contributed by atoms with E-state index in [0.29, 0.717) is 5.56 Å². The number of pyridine rings is 1. The Morgan fingerprint density at radius 1 is 1.06 bits per heavy atom. The number of nitrogens with one attached hydrogen (secondary N) is 1. The lowest BCUT2D eigenvalue weighted by atomic mass is 9.75. The molecule has 0 saturated heterocycles. The average molecular weight is 424 g/mol. The molecule has 0 amide bonds. The van der Waals surface area contributed by atoms with Crippen molar-refractivity contribution in [2.24, 2.45) is 0 Å². The lowest BCUT2D eigenvalue weighted by molar-refractivity contribution is -0.743. The van der Waals surface area contributed by atoms with Crippen molar-refractivity contribution in [1.82, 2.24) is 5.32 Å². The van der Waals surface area contributed by atoms with Gasteiger partial charge in [0, 0.05) is 22.6 Å². The number of benzene rings is 1. The smallest absolute Gasteiger partial charge is 0.227 e. The average Bonchev–Trinajstić information content (AvgIpc) is 3.35. The first-order chi connectivity index (χ1) is 15.1. The number of rotatable bonds is 4. The Balaban J connectivity index is 2.09. The molecule has 0 unspecified atom stereocenters. The molecule has 0 fully saturated rings. The Morgan fingerprint density at radius 2 is 1.77 bits per heavy atom.